The molecule has 2 N–H and O–H groups in total. The number of ether oxygens (including phenoxy) is 2. The van der Waals surface area contributed by atoms with Crippen LogP contribution in [0.15, 0.2) is 0 Å². The molecular weight excluding hydrogens is 180 g/mol. The van der Waals surface area contributed by atoms with Gasteiger partial charge in [0.1, 0.15) is 5.54 Å². The van der Waals surface area contributed by atoms with Crippen LogP contribution in [0.1, 0.15) is 26.2 Å². The Kier molecular flexibility index (Phi) is 4.33. The molecule has 1 aliphatic heterocycles. The summed E-state index contributed by atoms with van der Waals surface area (Å²) in [6.45, 7) is 3.84. The lowest BCUT2D eigenvalue weighted by atomic mass is 10.0. The lowest BCUT2D eigenvalue weighted by Gasteiger charge is -2.23. The highest BCUT2D eigenvalue weighted by Crippen LogP contribution is 2.12. The quantitative estimate of drug-likeness (QED) is 0.726. The minimum Gasteiger partial charge on any atom is -0.381 e. The van der Waals surface area contributed by atoms with Crippen molar-refractivity contribution in [2.24, 2.45) is 5.73 Å². The molecule has 0 aliphatic carbocycles. The van der Waals surface area contributed by atoms with E-state index >= 15 is 0 Å². The molecule has 1 saturated heterocycles. The normalized spacial score (nSPS) is 22.6. The van der Waals surface area contributed by atoms with Crippen LogP contribution < -0.4 is 5.73 Å². The largest absolute Gasteiger partial charge is 0.381 e. The highest BCUT2D eigenvalue weighted by molar-refractivity contribution is 5.00. The Hall–Kier alpha value is -0.630. The van der Waals surface area contributed by atoms with E-state index in [4.69, 9.17) is 20.5 Å². The fourth-order valence-electron chi connectivity index (χ4n) is 1.34. The summed E-state index contributed by atoms with van der Waals surface area (Å²) >= 11 is 0. The topological polar surface area (TPSA) is 68.3 Å². The van der Waals surface area contributed by atoms with Gasteiger partial charge in [-0.25, -0.2) is 0 Å². The van der Waals surface area contributed by atoms with E-state index in [9.17, 15) is 0 Å². The summed E-state index contributed by atoms with van der Waals surface area (Å²) in [5, 5.41) is 8.68. The van der Waals surface area contributed by atoms with Crippen LogP contribution in [0.2, 0.25) is 0 Å². The fourth-order valence-corrected chi connectivity index (χ4v) is 1.34. The molecule has 4 heteroatoms. The summed E-state index contributed by atoms with van der Waals surface area (Å²) < 4.78 is 10.8. The maximum atomic E-state index is 8.68. The van der Waals surface area contributed by atoms with Crippen molar-refractivity contribution in [2.75, 3.05) is 19.8 Å². The van der Waals surface area contributed by atoms with Gasteiger partial charge in [0, 0.05) is 26.2 Å². The Labute approximate surface area is 85.0 Å². The predicted molar refractivity (Wildman–Crippen MR) is 52.6 cm³/mol. The number of rotatable bonds is 4. The molecule has 0 aromatic heterocycles. The van der Waals surface area contributed by atoms with E-state index in [0.717, 1.165) is 26.1 Å². The second kappa shape index (κ2) is 5.30. The Morgan fingerprint density at radius 3 is 2.79 bits per heavy atom. The average molecular weight is 198 g/mol. The Morgan fingerprint density at radius 1 is 1.57 bits per heavy atom. The van der Waals surface area contributed by atoms with Gasteiger partial charge in [-0.3, -0.25) is 0 Å². The average Bonchev–Trinajstić information content (AvgIpc) is 2.19. The first-order valence-corrected chi connectivity index (χ1v) is 5.03. The predicted octanol–water partition coefficient (Wildman–Crippen LogP) is 0.813. The molecule has 4 nitrogen and oxygen atoms in total. The van der Waals surface area contributed by atoms with E-state index in [-0.39, 0.29) is 0 Å². The summed E-state index contributed by atoms with van der Waals surface area (Å²) in [5.74, 6) is 0. The van der Waals surface area contributed by atoms with Gasteiger partial charge in [-0.05, 0) is 19.8 Å². The molecule has 0 radical (unpaired) electrons. The zero-order valence-electron chi connectivity index (χ0n) is 8.66. The van der Waals surface area contributed by atoms with Crippen LogP contribution in [0, 0.1) is 11.3 Å². The lowest BCUT2D eigenvalue weighted by molar-refractivity contribution is -0.0343. The van der Waals surface area contributed by atoms with Gasteiger partial charge in [0.2, 0.25) is 0 Å². The van der Waals surface area contributed by atoms with E-state index in [2.05, 4.69) is 6.07 Å². The van der Waals surface area contributed by atoms with Crippen LogP contribution >= 0.6 is 0 Å². The molecule has 0 saturated carbocycles. The lowest BCUT2D eigenvalue weighted by Crippen LogP contribution is -2.36. The van der Waals surface area contributed by atoms with Crippen molar-refractivity contribution in [1.82, 2.24) is 0 Å². The van der Waals surface area contributed by atoms with Gasteiger partial charge in [-0.1, -0.05) is 0 Å². The van der Waals surface area contributed by atoms with E-state index in [1.807, 2.05) is 0 Å². The molecule has 0 aromatic carbocycles. The molecule has 1 unspecified atom stereocenters. The summed E-state index contributed by atoms with van der Waals surface area (Å²) in [6.07, 6.45) is 2.78. The van der Waals surface area contributed by atoms with Gasteiger partial charge in [-0.2, -0.15) is 5.26 Å². The van der Waals surface area contributed by atoms with Crippen LogP contribution in [0.25, 0.3) is 0 Å². The van der Waals surface area contributed by atoms with Crippen molar-refractivity contribution in [1.29, 1.82) is 5.26 Å². The van der Waals surface area contributed by atoms with Crippen molar-refractivity contribution in [2.45, 2.75) is 37.8 Å². The third-order valence-corrected chi connectivity index (χ3v) is 2.40. The smallest absolute Gasteiger partial charge is 0.103 e. The van der Waals surface area contributed by atoms with Gasteiger partial charge in [-0.15, -0.1) is 0 Å². The summed E-state index contributed by atoms with van der Waals surface area (Å²) in [7, 11) is 0. The number of nitrogens with two attached hydrogens (primary N) is 1. The molecule has 1 rings (SSSR count). The van der Waals surface area contributed by atoms with Crippen molar-refractivity contribution in [3.63, 3.8) is 0 Å². The highest BCUT2D eigenvalue weighted by atomic mass is 16.5. The molecular formula is C10H18N2O2. The van der Waals surface area contributed by atoms with E-state index in [1.165, 1.54) is 0 Å². The van der Waals surface area contributed by atoms with Gasteiger partial charge < -0.3 is 15.2 Å². The van der Waals surface area contributed by atoms with Gasteiger partial charge in [0.15, 0.2) is 0 Å². The van der Waals surface area contributed by atoms with Gasteiger partial charge in [0.05, 0.1) is 12.2 Å². The molecule has 0 bridgehead atoms. The Balaban J connectivity index is 2.12. The van der Waals surface area contributed by atoms with E-state index in [0.29, 0.717) is 19.1 Å². The third-order valence-electron chi connectivity index (χ3n) is 2.40. The van der Waals surface area contributed by atoms with Crippen LogP contribution in [0.5, 0.6) is 0 Å². The van der Waals surface area contributed by atoms with Crippen LogP contribution in [0.3, 0.4) is 0 Å². The molecule has 1 aliphatic rings. The Bertz CT molecular complexity index is 205. The van der Waals surface area contributed by atoms with Crippen LogP contribution in [-0.4, -0.2) is 31.5 Å². The first kappa shape index (κ1) is 11.4. The number of hydrogen-bond donors (Lipinski definition) is 1. The SMILES string of the molecule is CC(N)(C#N)CCOC1CCOCC1. The molecule has 0 amide bonds. The molecule has 14 heavy (non-hydrogen) atoms. The molecule has 1 atom stereocenters. The minimum atomic E-state index is -0.759. The highest BCUT2D eigenvalue weighted by Gasteiger charge is 2.19. The van der Waals surface area contributed by atoms with Crippen LogP contribution in [-0.2, 0) is 9.47 Å². The second-order valence-corrected chi connectivity index (χ2v) is 3.96. The van der Waals surface area contributed by atoms with Gasteiger partial charge in [0.25, 0.3) is 0 Å². The number of nitriles is 1. The first-order valence-electron chi connectivity index (χ1n) is 5.03. The minimum absolute atomic E-state index is 0.290. The second-order valence-electron chi connectivity index (χ2n) is 3.96. The molecule has 1 fully saturated rings. The summed E-state index contributed by atoms with van der Waals surface area (Å²) in [4.78, 5) is 0. The van der Waals surface area contributed by atoms with Crippen molar-refractivity contribution in [3.05, 3.63) is 0 Å². The zero-order valence-corrected chi connectivity index (χ0v) is 8.66. The number of hydrogen-bond acceptors (Lipinski definition) is 4. The third kappa shape index (κ3) is 4.05. The van der Waals surface area contributed by atoms with Crippen molar-refractivity contribution < 1.29 is 9.47 Å². The zero-order chi connectivity index (χ0) is 10.4. The molecule has 0 aromatic rings. The van der Waals surface area contributed by atoms with E-state index in [1.54, 1.807) is 6.92 Å². The maximum absolute atomic E-state index is 8.68. The maximum Gasteiger partial charge on any atom is 0.103 e. The summed E-state index contributed by atoms with van der Waals surface area (Å²) in [6, 6.07) is 2.05. The fraction of sp³-hybridized carbons (Fsp3) is 0.900. The summed E-state index contributed by atoms with van der Waals surface area (Å²) in [5.41, 5.74) is 4.91. The monoisotopic (exact) mass is 198 g/mol. The van der Waals surface area contributed by atoms with Gasteiger partial charge >= 0.3 is 0 Å². The molecule has 80 valence electrons. The molecule has 0 spiro atoms. The van der Waals surface area contributed by atoms with E-state index < -0.39 is 5.54 Å². The van der Waals surface area contributed by atoms with Crippen molar-refractivity contribution in [3.8, 4) is 6.07 Å². The number of nitrogens with zero attached hydrogens (tertiary/aromatic N) is 1. The standard InChI is InChI=1S/C10H18N2O2/c1-10(12,8-11)4-7-14-9-2-5-13-6-3-9/h9H,2-7,12H2,1H3. The first-order chi connectivity index (χ1) is 6.64. The van der Waals surface area contributed by atoms with Crippen LogP contribution in [0.4, 0.5) is 0 Å². The Morgan fingerprint density at radius 2 is 2.21 bits per heavy atom. The molecule has 1 heterocycles. The van der Waals surface area contributed by atoms with Crippen molar-refractivity contribution >= 4 is 0 Å².